The molecular weight excluding hydrogens is 288 g/mol. The van der Waals surface area contributed by atoms with E-state index in [0.717, 1.165) is 5.39 Å². The van der Waals surface area contributed by atoms with Crippen molar-refractivity contribution in [2.45, 2.75) is 24.2 Å². The third-order valence-electron chi connectivity index (χ3n) is 3.18. The average molecular weight is 306 g/mol. The highest BCUT2D eigenvalue weighted by Crippen LogP contribution is 2.22. The zero-order valence-electron chi connectivity index (χ0n) is 11.6. The number of sulfonamides is 1. The summed E-state index contributed by atoms with van der Waals surface area (Å²) in [6.07, 6.45) is 1.43. The summed E-state index contributed by atoms with van der Waals surface area (Å²) in [4.78, 5) is 10.9. The third kappa shape index (κ3) is 4.03. The lowest BCUT2D eigenvalue weighted by Crippen LogP contribution is -2.25. The summed E-state index contributed by atoms with van der Waals surface area (Å²) in [7, 11) is -3.55. The minimum absolute atomic E-state index is 0.274. The summed E-state index contributed by atoms with van der Waals surface area (Å²) < 4.78 is 27.2. The maximum absolute atomic E-state index is 12.3. The highest BCUT2D eigenvalue weighted by Gasteiger charge is 2.16. The molecular formula is C15H18N2O3S. The van der Waals surface area contributed by atoms with E-state index in [1.54, 1.807) is 18.2 Å². The highest BCUT2D eigenvalue weighted by molar-refractivity contribution is 7.89. The first kappa shape index (κ1) is 15.5. The Morgan fingerprint density at radius 1 is 1.05 bits per heavy atom. The van der Waals surface area contributed by atoms with Crippen molar-refractivity contribution in [3.8, 4) is 0 Å². The van der Waals surface area contributed by atoms with E-state index in [9.17, 15) is 13.2 Å². The smallest absolute Gasteiger partial charge is 0.241 e. The lowest BCUT2D eigenvalue weighted by atomic mass is 10.1. The SMILES string of the molecule is NC(=O)CCCCNS(=O)(=O)c1cccc2ccccc12. The molecule has 0 radical (unpaired) electrons. The van der Waals surface area contributed by atoms with Gasteiger partial charge in [0, 0.05) is 18.4 Å². The molecule has 0 unspecified atom stereocenters. The zero-order chi connectivity index (χ0) is 15.3. The normalized spacial score (nSPS) is 11.6. The number of carbonyl (C=O) groups excluding carboxylic acids is 1. The molecule has 1 amide bonds. The van der Waals surface area contributed by atoms with Gasteiger partial charge in [0.25, 0.3) is 0 Å². The Morgan fingerprint density at radius 2 is 1.76 bits per heavy atom. The molecule has 0 heterocycles. The van der Waals surface area contributed by atoms with Gasteiger partial charge in [0.15, 0.2) is 0 Å². The quantitative estimate of drug-likeness (QED) is 0.764. The van der Waals surface area contributed by atoms with Crippen LogP contribution in [0.1, 0.15) is 19.3 Å². The van der Waals surface area contributed by atoms with Crippen molar-refractivity contribution < 1.29 is 13.2 Å². The summed E-state index contributed by atoms with van der Waals surface area (Å²) in [6, 6.07) is 12.5. The molecule has 0 aliphatic carbocycles. The first-order valence-electron chi connectivity index (χ1n) is 6.76. The molecule has 0 bridgehead atoms. The molecule has 0 atom stereocenters. The summed E-state index contributed by atoms with van der Waals surface area (Å²) in [5.74, 6) is -0.369. The van der Waals surface area contributed by atoms with Gasteiger partial charge in [-0.25, -0.2) is 13.1 Å². The average Bonchev–Trinajstić information content (AvgIpc) is 2.46. The fourth-order valence-electron chi connectivity index (χ4n) is 2.14. The van der Waals surface area contributed by atoms with Crippen LogP contribution in [0, 0.1) is 0 Å². The second kappa shape index (κ2) is 6.69. The number of benzene rings is 2. The van der Waals surface area contributed by atoms with Gasteiger partial charge in [-0.2, -0.15) is 0 Å². The third-order valence-corrected chi connectivity index (χ3v) is 4.70. The monoisotopic (exact) mass is 306 g/mol. The predicted octanol–water partition coefficient (Wildman–Crippen LogP) is 1.77. The molecule has 2 aromatic carbocycles. The fourth-order valence-corrected chi connectivity index (χ4v) is 3.44. The Bertz CT molecular complexity index is 736. The number of fused-ring (bicyclic) bond motifs is 1. The molecule has 0 spiro atoms. The van der Waals surface area contributed by atoms with Crippen LogP contribution in [-0.4, -0.2) is 20.9 Å². The van der Waals surface area contributed by atoms with Gasteiger partial charge in [0.2, 0.25) is 15.9 Å². The molecule has 5 nitrogen and oxygen atoms in total. The van der Waals surface area contributed by atoms with Crippen molar-refractivity contribution in [2.75, 3.05) is 6.54 Å². The molecule has 0 saturated carbocycles. The molecule has 0 aliphatic rings. The first-order chi connectivity index (χ1) is 10.0. The number of carbonyl (C=O) groups is 1. The molecule has 3 N–H and O–H groups in total. The number of hydrogen-bond acceptors (Lipinski definition) is 3. The van der Waals surface area contributed by atoms with Crippen LogP contribution in [-0.2, 0) is 14.8 Å². The van der Waals surface area contributed by atoms with Crippen molar-refractivity contribution in [2.24, 2.45) is 5.73 Å². The Kier molecular flexibility index (Phi) is 4.93. The standard InChI is InChI=1S/C15H18N2O3S/c16-15(18)10-3-4-11-17-21(19,20)14-9-5-7-12-6-1-2-8-13(12)14/h1-2,5-9,17H,3-4,10-11H2,(H2,16,18). The van der Waals surface area contributed by atoms with Crippen LogP contribution in [0.15, 0.2) is 47.4 Å². The number of rotatable bonds is 7. The number of hydrogen-bond donors (Lipinski definition) is 2. The number of unbranched alkanes of at least 4 members (excludes halogenated alkanes) is 1. The van der Waals surface area contributed by atoms with Gasteiger partial charge in [-0.15, -0.1) is 0 Å². The molecule has 2 aromatic rings. The van der Waals surface area contributed by atoms with Crippen molar-refractivity contribution in [3.05, 3.63) is 42.5 Å². The van der Waals surface area contributed by atoms with Crippen molar-refractivity contribution in [3.63, 3.8) is 0 Å². The van der Waals surface area contributed by atoms with Gasteiger partial charge in [-0.05, 0) is 24.3 Å². The molecule has 6 heteroatoms. The van der Waals surface area contributed by atoms with E-state index in [1.165, 1.54) is 0 Å². The van der Waals surface area contributed by atoms with Crippen LogP contribution in [0.3, 0.4) is 0 Å². The van der Waals surface area contributed by atoms with Gasteiger partial charge in [0.05, 0.1) is 4.90 Å². The molecule has 2 rings (SSSR count). The largest absolute Gasteiger partial charge is 0.370 e. The minimum atomic E-state index is -3.55. The lowest BCUT2D eigenvalue weighted by molar-refractivity contribution is -0.118. The Balaban J connectivity index is 2.10. The zero-order valence-corrected chi connectivity index (χ0v) is 12.4. The summed E-state index contributed by atoms with van der Waals surface area (Å²) in [5, 5.41) is 1.58. The summed E-state index contributed by atoms with van der Waals surface area (Å²) >= 11 is 0. The van der Waals surface area contributed by atoms with E-state index < -0.39 is 10.0 Å². The predicted molar refractivity (Wildman–Crippen MR) is 82.2 cm³/mol. The van der Waals surface area contributed by atoms with Gasteiger partial charge >= 0.3 is 0 Å². The topological polar surface area (TPSA) is 89.3 Å². The molecule has 0 saturated heterocycles. The Morgan fingerprint density at radius 3 is 2.52 bits per heavy atom. The number of primary amides is 1. The summed E-state index contributed by atoms with van der Waals surface area (Å²) in [6.45, 7) is 0.291. The van der Waals surface area contributed by atoms with Crippen LogP contribution in [0.5, 0.6) is 0 Å². The maximum atomic E-state index is 12.3. The number of amides is 1. The van der Waals surface area contributed by atoms with Gasteiger partial charge in [-0.3, -0.25) is 4.79 Å². The van der Waals surface area contributed by atoms with Gasteiger partial charge in [-0.1, -0.05) is 36.4 Å². The van der Waals surface area contributed by atoms with Crippen LogP contribution >= 0.6 is 0 Å². The van der Waals surface area contributed by atoms with Crippen molar-refractivity contribution in [1.82, 2.24) is 4.72 Å². The minimum Gasteiger partial charge on any atom is -0.370 e. The van der Waals surface area contributed by atoms with Gasteiger partial charge in [0.1, 0.15) is 0 Å². The Labute approximate surface area is 124 Å². The fraction of sp³-hybridized carbons (Fsp3) is 0.267. The van der Waals surface area contributed by atoms with Crippen molar-refractivity contribution in [1.29, 1.82) is 0 Å². The van der Waals surface area contributed by atoms with E-state index in [0.29, 0.717) is 24.8 Å². The van der Waals surface area contributed by atoms with E-state index in [-0.39, 0.29) is 17.2 Å². The van der Waals surface area contributed by atoms with E-state index in [2.05, 4.69) is 4.72 Å². The lowest BCUT2D eigenvalue weighted by Gasteiger charge is -2.09. The maximum Gasteiger partial charge on any atom is 0.241 e. The molecule has 0 aromatic heterocycles. The van der Waals surface area contributed by atoms with Crippen LogP contribution in [0.2, 0.25) is 0 Å². The van der Waals surface area contributed by atoms with Crippen LogP contribution < -0.4 is 10.5 Å². The summed E-state index contributed by atoms with van der Waals surface area (Å²) in [5.41, 5.74) is 5.04. The van der Waals surface area contributed by atoms with Gasteiger partial charge < -0.3 is 5.73 Å². The van der Waals surface area contributed by atoms with Crippen LogP contribution in [0.25, 0.3) is 10.8 Å². The second-order valence-corrected chi connectivity index (χ2v) is 6.53. The van der Waals surface area contributed by atoms with Crippen LogP contribution in [0.4, 0.5) is 0 Å². The van der Waals surface area contributed by atoms with E-state index >= 15 is 0 Å². The number of nitrogens with one attached hydrogen (secondary N) is 1. The molecule has 21 heavy (non-hydrogen) atoms. The van der Waals surface area contributed by atoms with E-state index in [4.69, 9.17) is 5.73 Å². The molecule has 0 aliphatic heterocycles. The molecule has 112 valence electrons. The molecule has 0 fully saturated rings. The van der Waals surface area contributed by atoms with Crippen molar-refractivity contribution >= 4 is 26.7 Å². The van der Waals surface area contributed by atoms with E-state index in [1.807, 2.05) is 24.3 Å². The highest BCUT2D eigenvalue weighted by atomic mass is 32.2. The first-order valence-corrected chi connectivity index (χ1v) is 8.25. The second-order valence-electron chi connectivity index (χ2n) is 4.80. The number of nitrogens with two attached hydrogens (primary N) is 1. The Hall–Kier alpha value is -1.92.